The Morgan fingerprint density at radius 2 is 1.63 bits per heavy atom. The zero-order chi connectivity index (χ0) is 21.7. The number of rotatable bonds is 5. The molecule has 5 nitrogen and oxygen atoms in total. The van der Waals surface area contributed by atoms with Crippen LogP contribution in [0.25, 0.3) is 0 Å². The maximum absolute atomic E-state index is 13.2. The fourth-order valence-electron chi connectivity index (χ4n) is 3.21. The van der Waals surface area contributed by atoms with Crippen molar-refractivity contribution in [3.63, 3.8) is 0 Å². The van der Waals surface area contributed by atoms with E-state index in [0.29, 0.717) is 32.7 Å². The lowest BCUT2D eigenvalue weighted by atomic mass is 10.1. The number of amides is 2. The summed E-state index contributed by atoms with van der Waals surface area (Å²) in [5.74, 6) is -1.30. The molecule has 2 amide bonds. The van der Waals surface area contributed by atoms with Gasteiger partial charge in [0.25, 0.3) is 5.91 Å². The molecule has 1 heterocycles. The van der Waals surface area contributed by atoms with E-state index in [4.69, 9.17) is 0 Å². The molecule has 1 aliphatic heterocycles. The highest BCUT2D eigenvalue weighted by molar-refractivity contribution is 5.96. The standard InChI is InChI=1S/C21H21F4N3O2/c22-18-3-1-2-16(12-18)20(30)26-13-19(29)28-10-8-27(9-11-28)14-15-4-6-17(7-5-15)21(23,24)25/h1-7,12H,8-11,13-14H2,(H,26,30). The second kappa shape index (κ2) is 9.25. The molecule has 2 aromatic rings. The van der Waals surface area contributed by atoms with Gasteiger partial charge in [0.05, 0.1) is 12.1 Å². The number of halogens is 4. The number of carbonyl (C=O) groups is 2. The van der Waals surface area contributed by atoms with Gasteiger partial charge in [-0.1, -0.05) is 18.2 Å². The third kappa shape index (κ3) is 5.79. The molecule has 1 aliphatic rings. The first-order chi connectivity index (χ1) is 14.2. The van der Waals surface area contributed by atoms with Gasteiger partial charge in [-0.3, -0.25) is 14.5 Å². The summed E-state index contributed by atoms with van der Waals surface area (Å²) in [5.41, 5.74) is 0.233. The lowest BCUT2D eigenvalue weighted by molar-refractivity contribution is -0.137. The normalized spacial score (nSPS) is 15.1. The molecule has 160 valence electrons. The Kier molecular flexibility index (Phi) is 6.71. The number of carbonyl (C=O) groups excluding carboxylic acids is 2. The summed E-state index contributed by atoms with van der Waals surface area (Å²) in [6.45, 7) is 2.37. The van der Waals surface area contributed by atoms with Crippen LogP contribution in [0.15, 0.2) is 48.5 Å². The van der Waals surface area contributed by atoms with Crippen LogP contribution in [-0.2, 0) is 17.5 Å². The summed E-state index contributed by atoms with van der Waals surface area (Å²) in [5, 5.41) is 2.49. The topological polar surface area (TPSA) is 52.7 Å². The van der Waals surface area contributed by atoms with E-state index in [-0.39, 0.29) is 18.0 Å². The molecular weight excluding hydrogens is 402 g/mol. The number of nitrogens with zero attached hydrogens (tertiary/aromatic N) is 2. The second-order valence-electron chi connectivity index (χ2n) is 7.04. The van der Waals surface area contributed by atoms with Crippen molar-refractivity contribution < 1.29 is 27.2 Å². The average molecular weight is 423 g/mol. The van der Waals surface area contributed by atoms with Gasteiger partial charge >= 0.3 is 6.18 Å². The molecule has 1 N–H and O–H groups in total. The maximum atomic E-state index is 13.2. The van der Waals surface area contributed by atoms with Gasteiger partial charge in [-0.05, 0) is 35.9 Å². The summed E-state index contributed by atoms with van der Waals surface area (Å²) < 4.78 is 51.1. The highest BCUT2D eigenvalue weighted by Crippen LogP contribution is 2.29. The quantitative estimate of drug-likeness (QED) is 0.753. The number of benzene rings is 2. The molecule has 2 aromatic carbocycles. The fraction of sp³-hybridized carbons (Fsp3) is 0.333. The lowest BCUT2D eigenvalue weighted by Crippen LogP contribution is -2.50. The van der Waals surface area contributed by atoms with Crippen LogP contribution in [0.1, 0.15) is 21.5 Å². The van der Waals surface area contributed by atoms with Crippen molar-refractivity contribution in [3.05, 3.63) is 71.0 Å². The summed E-state index contributed by atoms with van der Waals surface area (Å²) >= 11 is 0. The van der Waals surface area contributed by atoms with E-state index >= 15 is 0 Å². The zero-order valence-electron chi connectivity index (χ0n) is 16.1. The Morgan fingerprint density at radius 1 is 0.967 bits per heavy atom. The summed E-state index contributed by atoms with van der Waals surface area (Å²) in [6, 6.07) is 10.3. The van der Waals surface area contributed by atoms with Gasteiger partial charge in [0.1, 0.15) is 5.82 Å². The Labute approximate surface area is 171 Å². The Bertz CT molecular complexity index is 892. The Hall–Kier alpha value is -2.94. The highest BCUT2D eigenvalue weighted by atomic mass is 19.4. The predicted molar refractivity (Wildman–Crippen MR) is 102 cm³/mol. The van der Waals surface area contributed by atoms with Crippen LogP contribution in [0.2, 0.25) is 0 Å². The smallest absolute Gasteiger partial charge is 0.343 e. The van der Waals surface area contributed by atoms with E-state index in [2.05, 4.69) is 10.2 Å². The van der Waals surface area contributed by atoms with Crippen molar-refractivity contribution in [2.75, 3.05) is 32.7 Å². The third-order valence-corrected chi connectivity index (χ3v) is 4.90. The molecule has 30 heavy (non-hydrogen) atoms. The minimum atomic E-state index is -4.35. The second-order valence-corrected chi connectivity index (χ2v) is 7.04. The van der Waals surface area contributed by atoms with Crippen LogP contribution in [0.4, 0.5) is 17.6 Å². The zero-order valence-corrected chi connectivity index (χ0v) is 16.1. The molecular formula is C21H21F4N3O2. The summed E-state index contributed by atoms with van der Waals surface area (Å²) in [4.78, 5) is 28.0. The molecule has 0 radical (unpaired) electrons. The number of piperazine rings is 1. The minimum absolute atomic E-state index is 0.143. The Balaban J connectivity index is 1.43. The molecule has 0 atom stereocenters. The lowest BCUT2D eigenvalue weighted by Gasteiger charge is -2.34. The van der Waals surface area contributed by atoms with Crippen LogP contribution in [-0.4, -0.2) is 54.3 Å². The molecule has 0 aromatic heterocycles. The first-order valence-electron chi connectivity index (χ1n) is 9.42. The van der Waals surface area contributed by atoms with Crippen molar-refractivity contribution in [2.45, 2.75) is 12.7 Å². The van der Waals surface area contributed by atoms with Crippen molar-refractivity contribution >= 4 is 11.8 Å². The van der Waals surface area contributed by atoms with E-state index in [1.54, 1.807) is 4.90 Å². The van der Waals surface area contributed by atoms with Crippen molar-refractivity contribution in [1.29, 1.82) is 0 Å². The molecule has 1 fully saturated rings. The number of alkyl halides is 3. The molecule has 1 saturated heterocycles. The van der Waals surface area contributed by atoms with Crippen LogP contribution in [0.5, 0.6) is 0 Å². The first kappa shape index (κ1) is 21.8. The molecule has 9 heteroatoms. The van der Waals surface area contributed by atoms with Crippen LogP contribution >= 0.6 is 0 Å². The number of hydrogen-bond acceptors (Lipinski definition) is 3. The monoisotopic (exact) mass is 423 g/mol. The fourth-order valence-corrected chi connectivity index (χ4v) is 3.21. The van der Waals surface area contributed by atoms with E-state index in [0.717, 1.165) is 23.8 Å². The van der Waals surface area contributed by atoms with Gasteiger partial charge < -0.3 is 10.2 Å². The highest BCUT2D eigenvalue weighted by Gasteiger charge is 2.30. The number of nitrogens with one attached hydrogen (secondary N) is 1. The van der Waals surface area contributed by atoms with Crippen molar-refractivity contribution in [3.8, 4) is 0 Å². The van der Waals surface area contributed by atoms with Gasteiger partial charge in [-0.25, -0.2) is 4.39 Å². The van der Waals surface area contributed by atoms with Gasteiger partial charge in [0, 0.05) is 38.3 Å². The van der Waals surface area contributed by atoms with Gasteiger partial charge in [0.15, 0.2) is 0 Å². The van der Waals surface area contributed by atoms with Gasteiger partial charge in [-0.15, -0.1) is 0 Å². The Morgan fingerprint density at radius 3 is 2.23 bits per heavy atom. The summed E-state index contributed by atoms with van der Waals surface area (Å²) in [7, 11) is 0. The largest absolute Gasteiger partial charge is 0.416 e. The van der Waals surface area contributed by atoms with Gasteiger partial charge in [0.2, 0.25) is 5.91 Å². The SMILES string of the molecule is O=C(NCC(=O)N1CCN(Cc2ccc(C(F)(F)F)cc2)CC1)c1cccc(F)c1. The maximum Gasteiger partial charge on any atom is 0.416 e. The molecule has 0 unspecified atom stereocenters. The van der Waals surface area contributed by atoms with Crippen molar-refractivity contribution in [1.82, 2.24) is 15.1 Å². The molecule has 3 rings (SSSR count). The summed E-state index contributed by atoms with van der Waals surface area (Å²) in [6.07, 6.45) is -4.35. The van der Waals surface area contributed by atoms with Crippen LogP contribution < -0.4 is 5.32 Å². The molecule has 0 spiro atoms. The predicted octanol–water partition coefficient (Wildman–Crippen LogP) is 2.92. The van der Waals surface area contributed by atoms with E-state index in [1.165, 1.54) is 30.3 Å². The van der Waals surface area contributed by atoms with Gasteiger partial charge in [-0.2, -0.15) is 13.2 Å². The minimum Gasteiger partial charge on any atom is -0.343 e. The van der Waals surface area contributed by atoms with Crippen molar-refractivity contribution in [2.24, 2.45) is 0 Å². The molecule has 0 bridgehead atoms. The van der Waals surface area contributed by atoms with Crippen LogP contribution in [0.3, 0.4) is 0 Å². The molecule has 0 saturated carbocycles. The molecule has 0 aliphatic carbocycles. The van der Waals surface area contributed by atoms with E-state index < -0.39 is 23.5 Å². The number of hydrogen-bond donors (Lipinski definition) is 1. The van der Waals surface area contributed by atoms with E-state index in [1.807, 2.05) is 0 Å². The van der Waals surface area contributed by atoms with E-state index in [9.17, 15) is 27.2 Å². The first-order valence-corrected chi connectivity index (χ1v) is 9.42. The van der Waals surface area contributed by atoms with Crippen LogP contribution in [0, 0.1) is 5.82 Å². The average Bonchev–Trinajstić information content (AvgIpc) is 2.72. The third-order valence-electron chi connectivity index (χ3n) is 4.90.